The maximum absolute atomic E-state index is 6.09. The van der Waals surface area contributed by atoms with Crippen molar-refractivity contribution in [2.45, 2.75) is 52.0 Å². The molecule has 1 aromatic rings. The summed E-state index contributed by atoms with van der Waals surface area (Å²) in [6.45, 7) is 9.84. The molecule has 0 amide bonds. The summed E-state index contributed by atoms with van der Waals surface area (Å²) in [5.41, 5.74) is 8.88. The molecule has 2 heteroatoms. The fraction of sp³-hybridized carbons (Fsp3) is 0.667. The van der Waals surface area contributed by atoms with Gasteiger partial charge in [0.1, 0.15) is 0 Å². The number of hydrogen-bond donors (Lipinski definition) is 1. The van der Waals surface area contributed by atoms with Gasteiger partial charge in [0.25, 0.3) is 0 Å². The van der Waals surface area contributed by atoms with Crippen LogP contribution >= 0.6 is 0 Å². The molecule has 0 heterocycles. The van der Waals surface area contributed by atoms with E-state index < -0.39 is 0 Å². The standard InChI is InChI=1S/C18H30N2/c1-4-11-20(13-15-5-6-15)18(12-19)17-9-7-16(8-10-17)14(2)3/h7-10,14-15,18H,4-6,11-13,19H2,1-3H3. The largest absolute Gasteiger partial charge is 0.329 e. The van der Waals surface area contributed by atoms with E-state index in [1.807, 2.05) is 0 Å². The van der Waals surface area contributed by atoms with Gasteiger partial charge < -0.3 is 5.73 Å². The van der Waals surface area contributed by atoms with Crippen molar-refractivity contribution in [3.63, 3.8) is 0 Å². The molecule has 1 aliphatic rings. The van der Waals surface area contributed by atoms with Crippen LogP contribution in [0.4, 0.5) is 0 Å². The number of nitrogens with two attached hydrogens (primary N) is 1. The van der Waals surface area contributed by atoms with Crippen molar-refractivity contribution >= 4 is 0 Å². The van der Waals surface area contributed by atoms with Gasteiger partial charge in [-0.2, -0.15) is 0 Å². The zero-order valence-corrected chi connectivity index (χ0v) is 13.3. The van der Waals surface area contributed by atoms with Crippen LogP contribution in [0.15, 0.2) is 24.3 Å². The highest BCUT2D eigenvalue weighted by molar-refractivity contribution is 5.27. The Labute approximate surface area is 124 Å². The summed E-state index contributed by atoms with van der Waals surface area (Å²) in [7, 11) is 0. The van der Waals surface area contributed by atoms with Crippen LogP contribution in [0.25, 0.3) is 0 Å². The lowest BCUT2D eigenvalue weighted by Gasteiger charge is -2.31. The van der Waals surface area contributed by atoms with Crippen molar-refractivity contribution in [3.8, 4) is 0 Å². The van der Waals surface area contributed by atoms with Crippen LogP contribution < -0.4 is 5.73 Å². The third kappa shape index (κ3) is 4.07. The molecule has 1 unspecified atom stereocenters. The van der Waals surface area contributed by atoms with Crippen LogP contribution in [0, 0.1) is 5.92 Å². The highest BCUT2D eigenvalue weighted by Gasteiger charge is 2.27. The highest BCUT2D eigenvalue weighted by Crippen LogP contribution is 2.33. The first-order valence-electron chi connectivity index (χ1n) is 8.19. The molecule has 2 N–H and O–H groups in total. The van der Waals surface area contributed by atoms with Crippen LogP contribution in [0.5, 0.6) is 0 Å². The van der Waals surface area contributed by atoms with Gasteiger partial charge in [0.05, 0.1) is 0 Å². The Kier molecular flexibility index (Phi) is 5.62. The molecule has 1 fully saturated rings. The Morgan fingerprint density at radius 3 is 2.20 bits per heavy atom. The maximum Gasteiger partial charge on any atom is 0.0470 e. The quantitative estimate of drug-likeness (QED) is 0.778. The van der Waals surface area contributed by atoms with Crippen molar-refractivity contribution in [1.29, 1.82) is 0 Å². The van der Waals surface area contributed by atoms with E-state index in [2.05, 4.69) is 49.9 Å². The average molecular weight is 274 g/mol. The lowest BCUT2D eigenvalue weighted by atomic mass is 9.98. The Balaban J connectivity index is 2.10. The van der Waals surface area contributed by atoms with Crippen LogP contribution in [0.1, 0.15) is 63.1 Å². The lowest BCUT2D eigenvalue weighted by molar-refractivity contribution is 0.193. The van der Waals surface area contributed by atoms with Gasteiger partial charge in [-0.25, -0.2) is 0 Å². The van der Waals surface area contributed by atoms with E-state index in [-0.39, 0.29) is 0 Å². The van der Waals surface area contributed by atoms with E-state index >= 15 is 0 Å². The summed E-state index contributed by atoms with van der Waals surface area (Å²) in [5, 5.41) is 0. The zero-order valence-electron chi connectivity index (χ0n) is 13.3. The molecule has 20 heavy (non-hydrogen) atoms. The summed E-state index contributed by atoms with van der Waals surface area (Å²) < 4.78 is 0. The van der Waals surface area contributed by atoms with Gasteiger partial charge in [0.2, 0.25) is 0 Å². The Bertz CT molecular complexity index is 392. The average Bonchev–Trinajstić information content (AvgIpc) is 3.24. The third-order valence-corrected chi connectivity index (χ3v) is 4.35. The van der Waals surface area contributed by atoms with Gasteiger partial charge in [-0.05, 0) is 48.8 Å². The van der Waals surface area contributed by atoms with Crippen molar-refractivity contribution < 1.29 is 0 Å². The van der Waals surface area contributed by atoms with Gasteiger partial charge in [-0.1, -0.05) is 45.0 Å². The van der Waals surface area contributed by atoms with Crippen LogP contribution in [0.2, 0.25) is 0 Å². The molecular weight excluding hydrogens is 244 g/mol. The Hall–Kier alpha value is -0.860. The van der Waals surface area contributed by atoms with Gasteiger partial charge in [-0.3, -0.25) is 4.90 Å². The van der Waals surface area contributed by atoms with Gasteiger partial charge in [0.15, 0.2) is 0 Å². The predicted molar refractivity (Wildman–Crippen MR) is 86.9 cm³/mol. The highest BCUT2D eigenvalue weighted by atomic mass is 15.2. The third-order valence-electron chi connectivity index (χ3n) is 4.35. The normalized spacial score (nSPS) is 16.9. The number of hydrogen-bond acceptors (Lipinski definition) is 2. The van der Waals surface area contributed by atoms with E-state index in [0.717, 1.165) is 12.5 Å². The molecule has 1 saturated carbocycles. The molecule has 1 atom stereocenters. The molecule has 0 spiro atoms. The predicted octanol–water partition coefficient (Wildman–Crippen LogP) is 3.93. The minimum Gasteiger partial charge on any atom is -0.329 e. The minimum atomic E-state index is 0.386. The molecule has 2 nitrogen and oxygen atoms in total. The van der Waals surface area contributed by atoms with Crippen molar-refractivity contribution in [3.05, 3.63) is 35.4 Å². The van der Waals surface area contributed by atoms with Crippen LogP contribution in [-0.2, 0) is 0 Å². The zero-order chi connectivity index (χ0) is 14.5. The molecule has 0 aliphatic heterocycles. The molecule has 112 valence electrons. The van der Waals surface area contributed by atoms with E-state index in [9.17, 15) is 0 Å². The molecule has 0 saturated heterocycles. The summed E-state index contributed by atoms with van der Waals surface area (Å²) in [4.78, 5) is 2.60. The topological polar surface area (TPSA) is 29.3 Å². The van der Waals surface area contributed by atoms with Gasteiger partial charge in [-0.15, -0.1) is 0 Å². The summed E-state index contributed by atoms with van der Waals surface area (Å²) in [5.74, 6) is 1.52. The fourth-order valence-electron chi connectivity index (χ4n) is 2.89. The van der Waals surface area contributed by atoms with E-state index in [1.54, 1.807) is 0 Å². The molecule has 1 aliphatic carbocycles. The van der Waals surface area contributed by atoms with Gasteiger partial charge >= 0.3 is 0 Å². The van der Waals surface area contributed by atoms with Crippen molar-refractivity contribution in [2.24, 2.45) is 11.7 Å². The molecular formula is C18H30N2. The smallest absolute Gasteiger partial charge is 0.0470 e. The number of rotatable bonds is 8. The SMILES string of the molecule is CCCN(CC1CC1)C(CN)c1ccc(C(C)C)cc1. The summed E-state index contributed by atoms with van der Waals surface area (Å²) in [6.07, 6.45) is 4.01. The van der Waals surface area contributed by atoms with Crippen molar-refractivity contribution in [1.82, 2.24) is 4.90 Å². The minimum absolute atomic E-state index is 0.386. The fourth-order valence-corrected chi connectivity index (χ4v) is 2.89. The monoisotopic (exact) mass is 274 g/mol. The molecule has 0 radical (unpaired) electrons. The second kappa shape index (κ2) is 7.24. The van der Waals surface area contributed by atoms with E-state index in [0.29, 0.717) is 18.5 Å². The summed E-state index contributed by atoms with van der Waals surface area (Å²) in [6, 6.07) is 9.48. The summed E-state index contributed by atoms with van der Waals surface area (Å²) >= 11 is 0. The van der Waals surface area contributed by atoms with E-state index in [4.69, 9.17) is 5.73 Å². The van der Waals surface area contributed by atoms with Crippen LogP contribution in [0.3, 0.4) is 0 Å². The number of benzene rings is 1. The lowest BCUT2D eigenvalue weighted by Crippen LogP contribution is -2.36. The molecule has 0 aromatic heterocycles. The molecule has 2 rings (SSSR count). The van der Waals surface area contributed by atoms with Crippen LogP contribution in [-0.4, -0.2) is 24.5 Å². The maximum atomic E-state index is 6.09. The van der Waals surface area contributed by atoms with Gasteiger partial charge in [0, 0.05) is 19.1 Å². The Morgan fingerprint density at radius 1 is 1.15 bits per heavy atom. The number of nitrogens with zero attached hydrogens (tertiary/aromatic N) is 1. The first-order chi connectivity index (χ1) is 9.65. The van der Waals surface area contributed by atoms with E-state index in [1.165, 1.54) is 36.9 Å². The second-order valence-electron chi connectivity index (χ2n) is 6.51. The Morgan fingerprint density at radius 2 is 1.75 bits per heavy atom. The molecule has 1 aromatic carbocycles. The second-order valence-corrected chi connectivity index (χ2v) is 6.51. The van der Waals surface area contributed by atoms with Crippen molar-refractivity contribution in [2.75, 3.05) is 19.6 Å². The first kappa shape index (κ1) is 15.5. The first-order valence-corrected chi connectivity index (χ1v) is 8.19. The molecule has 0 bridgehead atoms.